The quantitative estimate of drug-likeness (QED) is 0.381. The van der Waals surface area contributed by atoms with Gasteiger partial charge in [-0.1, -0.05) is 11.6 Å². The minimum absolute atomic E-state index is 0. The summed E-state index contributed by atoms with van der Waals surface area (Å²) in [7, 11) is 2.12. The Morgan fingerprint density at radius 2 is 2.11 bits per heavy atom. The summed E-state index contributed by atoms with van der Waals surface area (Å²) in [5.74, 6) is 1.57. The van der Waals surface area contributed by atoms with Crippen molar-refractivity contribution in [1.29, 1.82) is 0 Å². The van der Waals surface area contributed by atoms with Crippen LogP contribution in [0.5, 0.6) is 0 Å². The van der Waals surface area contributed by atoms with Crippen LogP contribution >= 0.6 is 24.0 Å². The number of aromatic amines is 1. The SMILES string of the molecule is CCNC(=NCc1cc(C)cc2c(C)c(C)[nH]c12)N(C)CC1CCOC1.I. The van der Waals surface area contributed by atoms with E-state index in [-0.39, 0.29) is 24.0 Å². The molecule has 27 heavy (non-hydrogen) atoms. The van der Waals surface area contributed by atoms with Gasteiger partial charge in [-0.2, -0.15) is 0 Å². The average molecular weight is 484 g/mol. The molecule has 1 aliphatic heterocycles. The summed E-state index contributed by atoms with van der Waals surface area (Å²) in [6.07, 6.45) is 1.14. The number of rotatable bonds is 5. The zero-order valence-electron chi connectivity index (χ0n) is 17.2. The van der Waals surface area contributed by atoms with Crippen LogP contribution in [0.2, 0.25) is 0 Å². The van der Waals surface area contributed by atoms with E-state index in [2.05, 4.69) is 62.1 Å². The first-order chi connectivity index (χ1) is 12.5. The number of ether oxygens (including phenoxy) is 1. The Hall–Kier alpha value is -1.28. The predicted molar refractivity (Wildman–Crippen MR) is 124 cm³/mol. The molecular weight excluding hydrogens is 451 g/mol. The van der Waals surface area contributed by atoms with Crippen molar-refractivity contribution in [3.8, 4) is 0 Å². The van der Waals surface area contributed by atoms with E-state index in [1.807, 2.05) is 0 Å². The molecule has 1 aliphatic rings. The third-order valence-electron chi connectivity index (χ3n) is 5.30. The van der Waals surface area contributed by atoms with E-state index in [9.17, 15) is 0 Å². The molecule has 2 heterocycles. The third-order valence-corrected chi connectivity index (χ3v) is 5.30. The van der Waals surface area contributed by atoms with Crippen molar-refractivity contribution >= 4 is 40.8 Å². The summed E-state index contributed by atoms with van der Waals surface area (Å²) >= 11 is 0. The van der Waals surface area contributed by atoms with Crippen molar-refractivity contribution in [2.45, 2.75) is 40.7 Å². The summed E-state index contributed by atoms with van der Waals surface area (Å²) < 4.78 is 5.51. The molecule has 1 unspecified atom stereocenters. The predicted octanol–water partition coefficient (Wildman–Crippen LogP) is 4.14. The molecule has 0 radical (unpaired) electrons. The molecule has 1 fully saturated rings. The van der Waals surface area contributed by atoms with Crippen molar-refractivity contribution in [2.24, 2.45) is 10.9 Å². The Balaban J connectivity index is 0.00000261. The van der Waals surface area contributed by atoms with Crippen LogP contribution in [0.1, 0.15) is 35.7 Å². The van der Waals surface area contributed by atoms with Crippen LogP contribution < -0.4 is 5.32 Å². The fourth-order valence-corrected chi connectivity index (χ4v) is 3.74. The standard InChI is InChI=1S/C21H32N4O.HI/c1-6-22-21(25(5)12-17-7-8-26-13-17)23-11-18-9-14(2)10-19-15(3)16(4)24-20(18)19;/h9-10,17,24H,6-8,11-13H2,1-5H3,(H,22,23);1H. The number of halogens is 1. The zero-order valence-corrected chi connectivity index (χ0v) is 19.5. The van der Waals surface area contributed by atoms with Crippen LogP contribution in [-0.2, 0) is 11.3 Å². The van der Waals surface area contributed by atoms with Crippen LogP contribution in [0.25, 0.3) is 10.9 Å². The maximum Gasteiger partial charge on any atom is 0.193 e. The summed E-state index contributed by atoms with van der Waals surface area (Å²) in [5, 5.41) is 4.74. The molecule has 1 saturated heterocycles. The van der Waals surface area contributed by atoms with Gasteiger partial charge in [0.2, 0.25) is 0 Å². The van der Waals surface area contributed by atoms with Gasteiger partial charge in [0.15, 0.2) is 5.96 Å². The van der Waals surface area contributed by atoms with E-state index in [1.165, 1.54) is 33.3 Å². The van der Waals surface area contributed by atoms with Crippen LogP contribution in [0.4, 0.5) is 0 Å². The number of hydrogen-bond acceptors (Lipinski definition) is 2. The van der Waals surface area contributed by atoms with Gasteiger partial charge < -0.3 is 19.9 Å². The Bertz CT molecular complexity index is 793. The fourth-order valence-electron chi connectivity index (χ4n) is 3.74. The highest BCUT2D eigenvalue weighted by atomic mass is 127. The maximum absolute atomic E-state index is 5.51. The number of H-pyrrole nitrogens is 1. The van der Waals surface area contributed by atoms with E-state index in [4.69, 9.17) is 9.73 Å². The number of aliphatic imine (C=N–C) groups is 1. The Morgan fingerprint density at radius 1 is 1.33 bits per heavy atom. The second-order valence-electron chi connectivity index (χ2n) is 7.50. The lowest BCUT2D eigenvalue weighted by atomic mass is 10.0. The van der Waals surface area contributed by atoms with Gasteiger partial charge in [0.05, 0.1) is 18.7 Å². The van der Waals surface area contributed by atoms with Crippen LogP contribution in [-0.4, -0.2) is 49.2 Å². The second-order valence-corrected chi connectivity index (χ2v) is 7.50. The van der Waals surface area contributed by atoms with Gasteiger partial charge in [0.1, 0.15) is 0 Å². The number of guanidine groups is 1. The molecule has 1 aromatic carbocycles. The van der Waals surface area contributed by atoms with Crippen LogP contribution in [0, 0.1) is 26.7 Å². The highest BCUT2D eigenvalue weighted by Crippen LogP contribution is 2.26. The molecule has 2 aromatic rings. The minimum atomic E-state index is 0. The molecular formula is C21H33IN4O. The van der Waals surface area contributed by atoms with Crippen molar-refractivity contribution in [2.75, 3.05) is 33.4 Å². The molecule has 3 rings (SSSR count). The number of hydrogen-bond donors (Lipinski definition) is 2. The number of nitrogens with zero attached hydrogens (tertiary/aromatic N) is 2. The molecule has 6 heteroatoms. The summed E-state index contributed by atoms with van der Waals surface area (Å²) in [4.78, 5) is 10.7. The van der Waals surface area contributed by atoms with Crippen molar-refractivity contribution in [1.82, 2.24) is 15.2 Å². The lowest BCUT2D eigenvalue weighted by Gasteiger charge is -2.24. The highest BCUT2D eigenvalue weighted by Gasteiger charge is 2.19. The van der Waals surface area contributed by atoms with E-state index in [1.54, 1.807) is 0 Å². The number of nitrogens with one attached hydrogen (secondary N) is 2. The Kier molecular flexibility index (Phi) is 7.97. The van der Waals surface area contributed by atoms with E-state index < -0.39 is 0 Å². The fraction of sp³-hybridized carbons (Fsp3) is 0.571. The van der Waals surface area contributed by atoms with Gasteiger partial charge in [-0.3, -0.25) is 0 Å². The number of fused-ring (bicyclic) bond motifs is 1. The number of benzene rings is 1. The van der Waals surface area contributed by atoms with E-state index >= 15 is 0 Å². The van der Waals surface area contributed by atoms with Gasteiger partial charge >= 0.3 is 0 Å². The summed E-state index contributed by atoms with van der Waals surface area (Å²) in [6, 6.07) is 4.51. The molecule has 0 spiro atoms. The maximum atomic E-state index is 5.51. The third kappa shape index (κ3) is 5.16. The molecule has 1 atom stereocenters. The van der Waals surface area contributed by atoms with E-state index in [0.29, 0.717) is 12.5 Å². The summed E-state index contributed by atoms with van der Waals surface area (Å²) in [5.41, 5.74) is 6.33. The monoisotopic (exact) mass is 484 g/mol. The average Bonchev–Trinajstić information content (AvgIpc) is 3.21. The van der Waals surface area contributed by atoms with Gasteiger partial charge in [0.25, 0.3) is 0 Å². The molecule has 0 saturated carbocycles. The van der Waals surface area contributed by atoms with Gasteiger partial charge in [-0.05, 0) is 51.3 Å². The lowest BCUT2D eigenvalue weighted by Crippen LogP contribution is -2.41. The second kappa shape index (κ2) is 9.78. The van der Waals surface area contributed by atoms with Crippen LogP contribution in [0.15, 0.2) is 17.1 Å². The number of aryl methyl sites for hydroxylation is 3. The van der Waals surface area contributed by atoms with Crippen molar-refractivity contribution in [3.63, 3.8) is 0 Å². The van der Waals surface area contributed by atoms with Crippen molar-refractivity contribution < 1.29 is 4.74 Å². The topological polar surface area (TPSA) is 52.7 Å². The minimum Gasteiger partial charge on any atom is -0.381 e. The first-order valence-electron chi connectivity index (χ1n) is 9.65. The molecule has 1 aromatic heterocycles. The molecule has 0 amide bonds. The first kappa shape index (κ1) is 22.0. The molecule has 0 aliphatic carbocycles. The number of aromatic nitrogens is 1. The van der Waals surface area contributed by atoms with Crippen molar-refractivity contribution in [3.05, 3.63) is 34.5 Å². The first-order valence-corrected chi connectivity index (χ1v) is 9.65. The smallest absolute Gasteiger partial charge is 0.193 e. The highest BCUT2D eigenvalue weighted by molar-refractivity contribution is 14.0. The lowest BCUT2D eigenvalue weighted by molar-refractivity contribution is 0.181. The van der Waals surface area contributed by atoms with Gasteiger partial charge in [-0.15, -0.1) is 24.0 Å². The molecule has 150 valence electrons. The normalized spacial score (nSPS) is 17.2. The zero-order chi connectivity index (χ0) is 18.7. The van der Waals surface area contributed by atoms with E-state index in [0.717, 1.165) is 38.7 Å². The summed E-state index contributed by atoms with van der Waals surface area (Å²) in [6.45, 7) is 12.9. The van der Waals surface area contributed by atoms with Crippen LogP contribution in [0.3, 0.4) is 0 Å². The van der Waals surface area contributed by atoms with Gasteiger partial charge in [-0.25, -0.2) is 4.99 Å². The molecule has 5 nitrogen and oxygen atoms in total. The molecule has 2 N–H and O–H groups in total. The van der Waals surface area contributed by atoms with Gasteiger partial charge in [0, 0.05) is 43.7 Å². The Labute approximate surface area is 180 Å². The molecule has 0 bridgehead atoms. The Morgan fingerprint density at radius 3 is 2.78 bits per heavy atom. The largest absolute Gasteiger partial charge is 0.381 e.